The molecule has 0 saturated heterocycles. The molecule has 1 saturated carbocycles. The first kappa shape index (κ1) is 23.5. The second kappa shape index (κ2) is 9.13. The van der Waals surface area contributed by atoms with Crippen LogP contribution in [0, 0.1) is 5.92 Å². The van der Waals surface area contributed by atoms with E-state index in [1.54, 1.807) is 0 Å². The van der Waals surface area contributed by atoms with Gasteiger partial charge in [-0.15, -0.1) is 0 Å². The highest BCUT2D eigenvalue weighted by atomic mass is 16.5. The van der Waals surface area contributed by atoms with Gasteiger partial charge in [-0.25, -0.2) is 9.48 Å². The summed E-state index contributed by atoms with van der Waals surface area (Å²) in [5.41, 5.74) is 4.34. The molecule has 2 aromatic heterocycles. The second-order valence-electron chi connectivity index (χ2n) is 11.0. The molecule has 3 rings (SSSR count). The van der Waals surface area contributed by atoms with Crippen LogP contribution in [-0.4, -0.2) is 27.3 Å². The maximum absolute atomic E-state index is 12.5. The monoisotopic (exact) mass is 425 g/mol. The zero-order valence-corrected chi connectivity index (χ0v) is 20.4. The summed E-state index contributed by atoms with van der Waals surface area (Å²) in [6, 6.07) is 6.18. The number of esters is 1. The molecule has 0 aliphatic heterocycles. The van der Waals surface area contributed by atoms with Crippen LogP contribution >= 0.6 is 0 Å². The van der Waals surface area contributed by atoms with Crippen molar-refractivity contribution in [2.45, 2.75) is 97.8 Å². The third-order valence-corrected chi connectivity index (χ3v) is 6.08. The summed E-state index contributed by atoms with van der Waals surface area (Å²) >= 11 is 0. The Morgan fingerprint density at radius 2 is 1.58 bits per heavy atom. The van der Waals surface area contributed by atoms with Crippen molar-refractivity contribution in [3.63, 3.8) is 0 Å². The number of pyridine rings is 1. The second-order valence-corrected chi connectivity index (χ2v) is 11.0. The predicted octanol–water partition coefficient (Wildman–Crippen LogP) is 6.16. The summed E-state index contributed by atoms with van der Waals surface area (Å²) in [4.78, 5) is 17.5. The lowest BCUT2D eigenvalue weighted by molar-refractivity contribution is 0.0519. The fraction of sp³-hybridized carbons (Fsp3) is 0.654. The fourth-order valence-corrected chi connectivity index (χ4v) is 4.19. The molecule has 0 aromatic carbocycles. The lowest BCUT2D eigenvalue weighted by Gasteiger charge is -2.25. The van der Waals surface area contributed by atoms with E-state index in [1.807, 2.05) is 17.7 Å². The van der Waals surface area contributed by atoms with E-state index in [0.29, 0.717) is 18.2 Å². The van der Waals surface area contributed by atoms with Crippen molar-refractivity contribution in [3.8, 4) is 5.69 Å². The van der Waals surface area contributed by atoms with Crippen LogP contribution < -0.4 is 0 Å². The zero-order chi connectivity index (χ0) is 22.8. The van der Waals surface area contributed by atoms with Gasteiger partial charge in [0, 0.05) is 27.9 Å². The van der Waals surface area contributed by atoms with Gasteiger partial charge in [-0.1, -0.05) is 73.6 Å². The third-order valence-electron chi connectivity index (χ3n) is 6.08. The zero-order valence-electron chi connectivity index (χ0n) is 20.4. The van der Waals surface area contributed by atoms with Crippen molar-refractivity contribution in [3.05, 3.63) is 41.0 Å². The number of hydrogen-bond acceptors (Lipinski definition) is 4. The van der Waals surface area contributed by atoms with Crippen LogP contribution in [0.3, 0.4) is 0 Å². The highest BCUT2D eigenvalue weighted by molar-refractivity contribution is 5.87. The van der Waals surface area contributed by atoms with E-state index in [4.69, 9.17) is 14.8 Å². The summed E-state index contributed by atoms with van der Waals surface area (Å²) in [5, 5.41) is 4.73. The van der Waals surface area contributed by atoms with Crippen LogP contribution in [-0.2, 0) is 22.0 Å². The Morgan fingerprint density at radius 1 is 1.00 bits per heavy atom. The molecule has 0 radical (unpaired) electrons. The molecule has 5 nitrogen and oxygen atoms in total. The number of ether oxygens (including phenoxy) is 1. The largest absolute Gasteiger partial charge is 0.461 e. The number of rotatable bonds is 5. The van der Waals surface area contributed by atoms with Crippen LogP contribution in [0.4, 0.5) is 0 Å². The summed E-state index contributed by atoms with van der Waals surface area (Å²) in [7, 11) is 0. The molecule has 170 valence electrons. The number of carbonyl (C=O) groups excluding carboxylic acids is 1. The average molecular weight is 426 g/mol. The Labute approximate surface area is 187 Å². The van der Waals surface area contributed by atoms with Gasteiger partial charge in [-0.05, 0) is 37.5 Å². The first-order valence-corrected chi connectivity index (χ1v) is 11.8. The Bertz CT molecular complexity index is 877. The molecular formula is C26H39N3O2. The molecule has 0 bridgehead atoms. The molecule has 1 aliphatic carbocycles. The highest BCUT2D eigenvalue weighted by Crippen LogP contribution is 2.31. The van der Waals surface area contributed by atoms with Crippen LogP contribution in [0.2, 0.25) is 0 Å². The molecule has 2 aromatic rings. The molecule has 0 atom stereocenters. The number of nitrogens with zero attached hydrogens (tertiary/aromatic N) is 3. The first-order chi connectivity index (χ1) is 14.5. The van der Waals surface area contributed by atoms with E-state index in [9.17, 15) is 4.79 Å². The first-order valence-electron chi connectivity index (χ1n) is 11.8. The van der Waals surface area contributed by atoms with Gasteiger partial charge in [0.05, 0.1) is 12.3 Å². The lowest BCUT2D eigenvalue weighted by atomic mass is 9.86. The lowest BCUT2D eigenvalue weighted by Crippen LogP contribution is -2.21. The normalized spacial score (nSPS) is 15.8. The van der Waals surface area contributed by atoms with Gasteiger partial charge in [0.2, 0.25) is 0 Å². The molecule has 1 aliphatic rings. The highest BCUT2D eigenvalue weighted by Gasteiger charge is 2.25. The Hall–Kier alpha value is -2.17. The Kier molecular flexibility index (Phi) is 6.92. The van der Waals surface area contributed by atoms with Gasteiger partial charge in [0.25, 0.3) is 0 Å². The van der Waals surface area contributed by atoms with Gasteiger partial charge in [0.15, 0.2) is 5.69 Å². The van der Waals surface area contributed by atoms with Crippen molar-refractivity contribution < 1.29 is 9.53 Å². The van der Waals surface area contributed by atoms with Crippen LogP contribution in [0.1, 0.15) is 108 Å². The number of hydrogen-bond donors (Lipinski definition) is 0. The third kappa shape index (κ3) is 5.75. The van der Waals surface area contributed by atoms with E-state index < -0.39 is 0 Å². The SMILES string of the molecule is CCOC(=O)c1cc(CC2CCCCC2)n(-c2cc(C(C)(C)C)nc(C(C)(C)C)c2)n1. The van der Waals surface area contributed by atoms with Gasteiger partial charge >= 0.3 is 5.97 Å². The summed E-state index contributed by atoms with van der Waals surface area (Å²) < 4.78 is 7.22. The quantitative estimate of drug-likeness (QED) is 0.538. The summed E-state index contributed by atoms with van der Waals surface area (Å²) in [5.74, 6) is 0.289. The topological polar surface area (TPSA) is 57.0 Å². The van der Waals surface area contributed by atoms with Gasteiger partial charge < -0.3 is 4.74 Å². The van der Waals surface area contributed by atoms with Crippen LogP contribution in [0.5, 0.6) is 0 Å². The van der Waals surface area contributed by atoms with Gasteiger partial charge in [0.1, 0.15) is 0 Å². The molecule has 31 heavy (non-hydrogen) atoms. The summed E-state index contributed by atoms with van der Waals surface area (Å²) in [6.07, 6.45) is 7.35. The molecule has 1 fully saturated rings. The molecular weight excluding hydrogens is 386 g/mol. The minimum absolute atomic E-state index is 0.0866. The van der Waals surface area contributed by atoms with Crippen LogP contribution in [0.25, 0.3) is 5.69 Å². The van der Waals surface area contributed by atoms with E-state index >= 15 is 0 Å². The molecule has 0 N–H and O–H groups in total. The van der Waals surface area contributed by atoms with E-state index in [-0.39, 0.29) is 16.8 Å². The minimum atomic E-state index is -0.354. The van der Waals surface area contributed by atoms with Crippen molar-refractivity contribution in [1.29, 1.82) is 0 Å². The Morgan fingerprint density at radius 3 is 2.10 bits per heavy atom. The fourth-order valence-electron chi connectivity index (χ4n) is 4.19. The molecule has 0 spiro atoms. The van der Waals surface area contributed by atoms with E-state index in [2.05, 4.69) is 53.7 Å². The predicted molar refractivity (Wildman–Crippen MR) is 125 cm³/mol. The van der Waals surface area contributed by atoms with Crippen LogP contribution in [0.15, 0.2) is 18.2 Å². The number of carbonyl (C=O) groups is 1. The maximum atomic E-state index is 12.5. The Balaban J connectivity index is 2.11. The van der Waals surface area contributed by atoms with Crippen molar-refractivity contribution in [2.75, 3.05) is 6.61 Å². The van der Waals surface area contributed by atoms with Gasteiger partial charge in [-0.2, -0.15) is 5.10 Å². The van der Waals surface area contributed by atoms with Gasteiger partial charge in [-0.3, -0.25) is 4.98 Å². The molecule has 0 unspecified atom stereocenters. The van der Waals surface area contributed by atoms with Crippen molar-refractivity contribution >= 4 is 5.97 Å². The molecule has 0 amide bonds. The standard InChI is InChI=1S/C26H39N3O2/c1-8-31-24(30)21-15-19(14-18-12-10-9-11-13-18)29(28-21)20-16-22(25(2,3)4)27-23(17-20)26(5,6)7/h15-18H,8-14H2,1-7H3. The molecule has 5 heteroatoms. The average Bonchev–Trinajstić information content (AvgIpc) is 3.11. The number of aromatic nitrogens is 3. The minimum Gasteiger partial charge on any atom is -0.461 e. The van der Waals surface area contributed by atoms with Crippen molar-refractivity contribution in [1.82, 2.24) is 14.8 Å². The molecule has 2 heterocycles. The van der Waals surface area contributed by atoms with Crippen molar-refractivity contribution in [2.24, 2.45) is 5.92 Å². The smallest absolute Gasteiger partial charge is 0.358 e. The van der Waals surface area contributed by atoms with E-state index in [0.717, 1.165) is 29.2 Å². The summed E-state index contributed by atoms with van der Waals surface area (Å²) in [6.45, 7) is 15.3. The van der Waals surface area contributed by atoms with E-state index in [1.165, 1.54) is 32.1 Å². The maximum Gasteiger partial charge on any atom is 0.358 e.